The van der Waals surface area contributed by atoms with Gasteiger partial charge >= 0.3 is 5.69 Å². The van der Waals surface area contributed by atoms with Crippen molar-refractivity contribution in [3.05, 3.63) is 63.5 Å². The van der Waals surface area contributed by atoms with E-state index in [0.717, 1.165) is 11.8 Å². The van der Waals surface area contributed by atoms with Crippen molar-refractivity contribution in [1.29, 1.82) is 0 Å². The summed E-state index contributed by atoms with van der Waals surface area (Å²) in [4.78, 5) is 23.3. The predicted octanol–water partition coefficient (Wildman–Crippen LogP) is 2.80. The highest BCUT2D eigenvalue weighted by Crippen LogP contribution is 2.23. The van der Waals surface area contributed by atoms with Gasteiger partial charge in [-0.1, -0.05) is 23.7 Å². The van der Waals surface area contributed by atoms with Crippen molar-refractivity contribution >= 4 is 28.9 Å². The molecular weight excluding hydrogens is 276 g/mol. The molecule has 0 aliphatic carbocycles. The Hall–Kier alpha value is -2.33. The SMILES string of the molecule is Cn1c(=O)n(-c2ccccc2Cl)c2ccc(C=O)cc21. The molecule has 4 nitrogen and oxygen atoms in total. The fourth-order valence-electron chi connectivity index (χ4n) is 2.29. The monoisotopic (exact) mass is 286 g/mol. The number of nitrogens with zero attached hydrogens (tertiary/aromatic N) is 2. The Morgan fingerprint density at radius 1 is 1.10 bits per heavy atom. The summed E-state index contributed by atoms with van der Waals surface area (Å²) in [5.41, 5.74) is 2.37. The molecule has 0 atom stereocenters. The molecule has 2 aromatic carbocycles. The number of benzene rings is 2. The molecule has 0 bridgehead atoms. The summed E-state index contributed by atoms with van der Waals surface area (Å²) in [6.07, 6.45) is 0.761. The number of fused-ring (bicyclic) bond motifs is 1. The first-order valence-electron chi connectivity index (χ1n) is 6.05. The Labute approximate surface area is 119 Å². The summed E-state index contributed by atoms with van der Waals surface area (Å²) >= 11 is 6.17. The second kappa shape index (κ2) is 4.65. The molecule has 3 aromatic rings. The zero-order valence-corrected chi connectivity index (χ0v) is 11.5. The highest BCUT2D eigenvalue weighted by atomic mass is 35.5. The molecule has 20 heavy (non-hydrogen) atoms. The first kappa shape index (κ1) is 12.7. The molecule has 1 heterocycles. The molecule has 1 aromatic heterocycles. The number of hydrogen-bond donors (Lipinski definition) is 0. The zero-order valence-electron chi connectivity index (χ0n) is 10.7. The van der Waals surface area contributed by atoms with Gasteiger partial charge < -0.3 is 0 Å². The van der Waals surface area contributed by atoms with Crippen molar-refractivity contribution < 1.29 is 4.79 Å². The van der Waals surface area contributed by atoms with Gasteiger partial charge in [-0.15, -0.1) is 0 Å². The second-order valence-corrected chi connectivity index (χ2v) is 4.90. The molecule has 5 heteroatoms. The molecule has 0 unspecified atom stereocenters. The number of carbonyl (C=O) groups is 1. The third kappa shape index (κ3) is 1.77. The smallest absolute Gasteiger partial charge is 0.298 e. The van der Waals surface area contributed by atoms with Crippen LogP contribution in [0.25, 0.3) is 16.7 Å². The van der Waals surface area contributed by atoms with E-state index in [0.29, 0.717) is 21.8 Å². The quantitative estimate of drug-likeness (QED) is 0.680. The summed E-state index contributed by atoms with van der Waals surface area (Å²) in [5.74, 6) is 0. The molecule has 0 radical (unpaired) electrons. The Balaban J connectivity index is 2.43. The molecule has 0 N–H and O–H groups in total. The van der Waals surface area contributed by atoms with Gasteiger partial charge in [0.2, 0.25) is 0 Å². The van der Waals surface area contributed by atoms with Crippen LogP contribution in [0.1, 0.15) is 10.4 Å². The van der Waals surface area contributed by atoms with Crippen LogP contribution in [0, 0.1) is 0 Å². The minimum absolute atomic E-state index is 0.198. The maximum Gasteiger partial charge on any atom is 0.333 e. The minimum atomic E-state index is -0.198. The Bertz CT molecular complexity index is 877. The van der Waals surface area contributed by atoms with E-state index in [9.17, 15) is 9.59 Å². The normalized spacial score (nSPS) is 10.9. The maximum absolute atomic E-state index is 12.4. The highest BCUT2D eigenvalue weighted by molar-refractivity contribution is 6.32. The van der Waals surface area contributed by atoms with Gasteiger partial charge in [-0.3, -0.25) is 13.9 Å². The van der Waals surface area contributed by atoms with E-state index in [1.807, 2.05) is 12.1 Å². The number of rotatable bonds is 2. The van der Waals surface area contributed by atoms with Crippen LogP contribution in [0.4, 0.5) is 0 Å². The summed E-state index contributed by atoms with van der Waals surface area (Å²) in [7, 11) is 1.67. The standard InChI is InChI=1S/C15H11ClN2O2/c1-17-14-8-10(9-19)6-7-13(14)18(15(17)20)12-5-3-2-4-11(12)16/h2-9H,1H3. The molecule has 100 valence electrons. The lowest BCUT2D eigenvalue weighted by atomic mass is 10.2. The van der Waals surface area contributed by atoms with E-state index in [4.69, 9.17) is 11.6 Å². The zero-order chi connectivity index (χ0) is 14.3. The van der Waals surface area contributed by atoms with Crippen LogP contribution in [0.5, 0.6) is 0 Å². The van der Waals surface area contributed by atoms with Crippen molar-refractivity contribution in [2.75, 3.05) is 0 Å². The maximum atomic E-state index is 12.4. The van der Waals surface area contributed by atoms with Crippen LogP contribution < -0.4 is 5.69 Å². The van der Waals surface area contributed by atoms with Crippen molar-refractivity contribution in [2.45, 2.75) is 0 Å². The van der Waals surface area contributed by atoms with Gasteiger partial charge in [0.1, 0.15) is 6.29 Å². The number of aryl methyl sites for hydroxylation is 1. The third-order valence-electron chi connectivity index (χ3n) is 3.31. The minimum Gasteiger partial charge on any atom is -0.298 e. The number of carbonyl (C=O) groups excluding carboxylic acids is 1. The number of hydrogen-bond acceptors (Lipinski definition) is 2. The Morgan fingerprint density at radius 3 is 2.55 bits per heavy atom. The van der Waals surface area contributed by atoms with E-state index in [1.54, 1.807) is 41.9 Å². The molecule has 0 aliphatic heterocycles. The van der Waals surface area contributed by atoms with Crippen LogP contribution in [0.3, 0.4) is 0 Å². The van der Waals surface area contributed by atoms with Crippen LogP contribution in [0.15, 0.2) is 47.3 Å². The van der Waals surface area contributed by atoms with Crippen LogP contribution in [-0.2, 0) is 7.05 Å². The molecule has 0 saturated heterocycles. The fraction of sp³-hybridized carbons (Fsp3) is 0.0667. The largest absolute Gasteiger partial charge is 0.333 e. The fourth-order valence-corrected chi connectivity index (χ4v) is 2.51. The third-order valence-corrected chi connectivity index (χ3v) is 3.63. The van der Waals surface area contributed by atoms with E-state index < -0.39 is 0 Å². The summed E-state index contributed by atoms with van der Waals surface area (Å²) < 4.78 is 3.05. The summed E-state index contributed by atoms with van der Waals surface area (Å²) in [5, 5.41) is 0.501. The highest BCUT2D eigenvalue weighted by Gasteiger charge is 2.14. The molecule has 0 spiro atoms. The lowest BCUT2D eigenvalue weighted by Crippen LogP contribution is -2.21. The number of aromatic nitrogens is 2. The topological polar surface area (TPSA) is 44.0 Å². The second-order valence-electron chi connectivity index (χ2n) is 4.49. The van der Waals surface area contributed by atoms with Gasteiger partial charge in [0.05, 0.1) is 21.7 Å². The summed E-state index contributed by atoms with van der Waals surface area (Å²) in [6, 6.07) is 12.3. The van der Waals surface area contributed by atoms with E-state index >= 15 is 0 Å². The van der Waals surface area contributed by atoms with Gasteiger partial charge in [-0.2, -0.15) is 0 Å². The number of para-hydroxylation sites is 1. The molecule has 0 aliphatic rings. The number of imidazole rings is 1. The van der Waals surface area contributed by atoms with E-state index in [1.165, 1.54) is 4.57 Å². The van der Waals surface area contributed by atoms with Crippen molar-refractivity contribution in [3.8, 4) is 5.69 Å². The van der Waals surface area contributed by atoms with Gasteiger partial charge in [-0.05, 0) is 30.3 Å². The molecule has 0 amide bonds. The molecule has 0 saturated carbocycles. The molecular formula is C15H11ClN2O2. The number of halogens is 1. The Morgan fingerprint density at radius 2 is 1.85 bits per heavy atom. The van der Waals surface area contributed by atoms with Crippen LogP contribution >= 0.6 is 11.6 Å². The molecule has 3 rings (SSSR count). The van der Waals surface area contributed by atoms with Gasteiger partial charge in [0, 0.05) is 12.6 Å². The van der Waals surface area contributed by atoms with Crippen molar-refractivity contribution in [2.24, 2.45) is 7.05 Å². The predicted molar refractivity (Wildman–Crippen MR) is 78.9 cm³/mol. The first-order chi connectivity index (χ1) is 9.63. The van der Waals surface area contributed by atoms with Crippen molar-refractivity contribution in [1.82, 2.24) is 9.13 Å². The first-order valence-corrected chi connectivity index (χ1v) is 6.43. The average molecular weight is 287 g/mol. The van der Waals surface area contributed by atoms with E-state index in [-0.39, 0.29) is 5.69 Å². The van der Waals surface area contributed by atoms with Gasteiger partial charge in [0.25, 0.3) is 0 Å². The van der Waals surface area contributed by atoms with Crippen molar-refractivity contribution in [3.63, 3.8) is 0 Å². The number of aldehydes is 1. The van der Waals surface area contributed by atoms with Crippen LogP contribution in [-0.4, -0.2) is 15.4 Å². The molecule has 0 fully saturated rings. The average Bonchev–Trinajstić information content (AvgIpc) is 2.71. The van der Waals surface area contributed by atoms with E-state index in [2.05, 4.69) is 0 Å². The lowest BCUT2D eigenvalue weighted by Gasteiger charge is -2.05. The summed E-state index contributed by atoms with van der Waals surface area (Å²) in [6.45, 7) is 0. The van der Waals surface area contributed by atoms with Gasteiger partial charge in [-0.25, -0.2) is 4.79 Å². The van der Waals surface area contributed by atoms with Gasteiger partial charge in [0.15, 0.2) is 0 Å². The van der Waals surface area contributed by atoms with Crippen LogP contribution in [0.2, 0.25) is 5.02 Å². The lowest BCUT2D eigenvalue weighted by molar-refractivity contribution is 0.112. The Kier molecular flexibility index (Phi) is 2.95.